The smallest absolute Gasteiger partial charge is 0.306 e. The van der Waals surface area contributed by atoms with Crippen molar-refractivity contribution in [2.75, 3.05) is 26.2 Å². The third-order valence-electron chi connectivity index (χ3n) is 15.1. The molecule has 0 aromatic rings. The van der Waals surface area contributed by atoms with E-state index in [1.54, 1.807) is 5.57 Å². The first-order chi connectivity index (χ1) is 24.7. The van der Waals surface area contributed by atoms with Gasteiger partial charge in [-0.2, -0.15) is 0 Å². The summed E-state index contributed by atoms with van der Waals surface area (Å²) in [5, 5.41) is 3.44. The Hall–Kier alpha value is -0.570. The lowest BCUT2D eigenvalue weighted by atomic mass is 9.47. The number of nitrogens with two attached hydrogens (primary N) is 2. The van der Waals surface area contributed by atoms with Crippen molar-refractivity contribution in [1.29, 1.82) is 0 Å². The quantitative estimate of drug-likeness (QED) is 0.0603. The summed E-state index contributed by atoms with van der Waals surface area (Å²) in [6.45, 7) is 22.2. The van der Waals surface area contributed by atoms with Gasteiger partial charge in [-0.3, -0.25) is 9.59 Å². The number of carbonyl (C=O) groups is 2. The molecule has 7 nitrogen and oxygen atoms in total. The molecule has 3 fully saturated rings. The zero-order valence-electron chi connectivity index (χ0n) is 36.3. The maximum atomic E-state index is 13.3. The Labute approximate surface area is 356 Å². The van der Waals surface area contributed by atoms with Crippen molar-refractivity contribution >= 4 is 49.1 Å². The number of esters is 1. The maximum absolute atomic E-state index is 13.3. The Morgan fingerprint density at radius 2 is 1.56 bits per heavy atom. The molecule has 5 N–H and O–H groups in total. The van der Waals surface area contributed by atoms with Gasteiger partial charge in [0, 0.05) is 38.0 Å². The number of unbranched alkanes of at least 4 members (excludes halogenated alkanes) is 1. The number of carbonyl (C=O) groups excluding carboxylic acids is 2. The van der Waals surface area contributed by atoms with E-state index in [-0.39, 0.29) is 85.5 Å². The van der Waals surface area contributed by atoms with Crippen LogP contribution in [0.3, 0.4) is 0 Å². The molecular weight excluding hydrogens is 751 g/mol. The Kier molecular flexibility index (Phi) is 23.4. The zero-order chi connectivity index (χ0) is 38.1. The van der Waals surface area contributed by atoms with Crippen LogP contribution in [0.5, 0.6) is 0 Å². The van der Waals surface area contributed by atoms with Crippen LogP contribution in [0.15, 0.2) is 11.6 Å². The Morgan fingerprint density at radius 3 is 2.22 bits per heavy atom. The standard InChI is InChI=1S/C45H82N4O3.3ClH/c1-9-35(31(2)3)13-12-32(4)39-16-17-40-38-15-14-36-30-37(20-24-44(36,7)41(38)21-25-45(39,40)8)52-43(51)19-18-42(50)49(29-23-34(6)47)28-11-10-26-48-27-22-33(5)46;;;/h14,31-35,37-41,48H,9-13,15-30,46-47H2,1-8H3;3*1H/t32-,33?,34?,35-,37?,38?,39?,40?,41?,44?,45?;;;/m1.../s1. The lowest BCUT2D eigenvalue weighted by Gasteiger charge is -2.58. The highest BCUT2D eigenvalue weighted by Crippen LogP contribution is 2.67. The van der Waals surface area contributed by atoms with E-state index in [9.17, 15) is 9.59 Å². The number of rotatable bonds is 21. The summed E-state index contributed by atoms with van der Waals surface area (Å²) in [4.78, 5) is 28.3. The number of fused-ring (bicyclic) bond motifs is 5. The molecule has 10 heteroatoms. The van der Waals surface area contributed by atoms with Crippen molar-refractivity contribution < 1.29 is 14.3 Å². The largest absolute Gasteiger partial charge is 0.462 e. The van der Waals surface area contributed by atoms with Crippen molar-refractivity contribution in [3.05, 3.63) is 11.6 Å². The Bertz CT molecular complexity index is 1170. The van der Waals surface area contributed by atoms with Crippen LogP contribution in [0, 0.1) is 52.3 Å². The molecule has 0 saturated heterocycles. The molecule has 0 radical (unpaired) electrons. The molecule has 0 heterocycles. The van der Waals surface area contributed by atoms with Crippen molar-refractivity contribution in [1.82, 2.24) is 10.2 Å². The Morgan fingerprint density at radius 1 is 0.855 bits per heavy atom. The van der Waals surface area contributed by atoms with Gasteiger partial charge in [0.15, 0.2) is 0 Å². The number of nitrogens with one attached hydrogen (secondary N) is 1. The fourth-order valence-corrected chi connectivity index (χ4v) is 11.7. The van der Waals surface area contributed by atoms with Crippen LogP contribution >= 0.6 is 37.2 Å². The lowest BCUT2D eigenvalue weighted by molar-refractivity contribution is -0.153. The van der Waals surface area contributed by atoms with Gasteiger partial charge in [0.05, 0.1) is 6.42 Å². The van der Waals surface area contributed by atoms with Crippen LogP contribution in [0.2, 0.25) is 0 Å². The second-order valence-electron chi connectivity index (χ2n) is 19.2. The summed E-state index contributed by atoms with van der Waals surface area (Å²) < 4.78 is 6.10. The number of nitrogens with zero attached hydrogens (tertiary/aromatic N) is 1. The normalized spacial score (nSPS) is 30.5. The van der Waals surface area contributed by atoms with Gasteiger partial charge >= 0.3 is 5.97 Å². The predicted molar refractivity (Wildman–Crippen MR) is 238 cm³/mol. The molecule has 1 amide bonds. The van der Waals surface area contributed by atoms with E-state index in [1.165, 1.54) is 51.4 Å². The molecule has 9 unspecified atom stereocenters. The number of halogens is 3. The summed E-state index contributed by atoms with van der Waals surface area (Å²) in [7, 11) is 0. The van der Waals surface area contributed by atoms with E-state index in [0.717, 1.165) is 99.5 Å². The van der Waals surface area contributed by atoms with Gasteiger partial charge in [-0.1, -0.05) is 66.0 Å². The number of hydrogen-bond donors (Lipinski definition) is 3. The minimum absolute atomic E-state index is 0. The zero-order valence-corrected chi connectivity index (χ0v) is 38.7. The molecule has 55 heavy (non-hydrogen) atoms. The fraction of sp³-hybridized carbons (Fsp3) is 0.911. The van der Waals surface area contributed by atoms with Crippen LogP contribution < -0.4 is 16.8 Å². The van der Waals surface area contributed by atoms with Gasteiger partial charge in [0.25, 0.3) is 0 Å². The summed E-state index contributed by atoms with van der Waals surface area (Å²) in [5.74, 6) is 5.58. The molecule has 11 atom stereocenters. The van der Waals surface area contributed by atoms with Crippen molar-refractivity contribution in [2.45, 2.75) is 183 Å². The van der Waals surface area contributed by atoms with Gasteiger partial charge < -0.3 is 26.4 Å². The molecule has 4 rings (SSSR count). The van der Waals surface area contributed by atoms with Crippen LogP contribution in [-0.4, -0.2) is 61.1 Å². The maximum Gasteiger partial charge on any atom is 0.306 e. The predicted octanol–water partition coefficient (Wildman–Crippen LogP) is 10.3. The summed E-state index contributed by atoms with van der Waals surface area (Å²) in [5.41, 5.74) is 14.1. The summed E-state index contributed by atoms with van der Waals surface area (Å²) in [6, 6.07) is 0.249. The molecule has 4 aliphatic carbocycles. The van der Waals surface area contributed by atoms with E-state index in [1.807, 2.05) is 18.7 Å². The van der Waals surface area contributed by atoms with Gasteiger partial charge in [-0.15, -0.1) is 37.2 Å². The molecule has 4 aliphatic rings. The number of hydrogen-bond acceptors (Lipinski definition) is 6. The molecule has 0 aromatic heterocycles. The average Bonchev–Trinajstić information content (AvgIpc) is 3.45. The number of ether oxygens (including phenoxy) is 1. The number of allylic oxidation sites excluding steroid dienone is 1. The van der Waals surface area contributed by atoms with E-state index in [4.69, 9.17) is 16.2 Å². The molecule has 0 aromatic carbocycles. The van der Waals surface area contributed by atoms with E-state index in [0.29, 0.717) is 18.5 Å². The third kappa shape index (κ3) is 14.0. The molecule has 0 spiro atoms. The molecule has 324 valence electrons. The van der Waals surface area contributed by atoms with Gasteiger partial charge in [0.1, 0.15) is 6.10 Å². The molecule has 0 bridgehead atoms. The van der Waals surface area contributed by atoms with Crippen molar-refractivity contribution in [3.8, 4) is 0 Å². The van der Waals surface area contributed by atoms with Gasteiger partial charge in [-0.25, -0.2) is 0 Å². The van der Waals surface area contributed by atoms with E-state index >= 15 is 0 Å². The van der Waals surface area contributed by atoms with Gasteiger partial charge in [-0.05, 0) is 156 Å². The van der Waals surface area contributed by atoms with Crippen molar-refractivity contribution in [2.24, 2.45) is 63.7 Å². The molecular formula is C45H85Cl3N4O3. The van der Waals surface area contributed by atoms with Crippen LogP contribution in [0.4, 0.5) is 0 Å². The van der Waals surface area contributed by atoms with Gasteiger partial charge in [0.2, 0.25) is 5.91 Å². The van der Waals surface area contributed by atoms with Crippen LogP contribution in [0.1, 0.15) is 165 Å². The average molecular weight is 837 g/mol. The summed E-state index contributed by atoms with van der Waals surface area (Å²) >= 11 is 0. The van der Waals surface area contributed by atoms with Crippen molar-refractivity contribution in [3.63, 3.8) is 0 Å². The first kappa shape index (κ1) is 52.4. The van der Waals surface area contributed by atoms with E-state index < -0.39 is 0 Å². The van der Waals surface area contributed by atoms with Crippen LogP contribution in [0.25, 0.3) is 0 Å². The van der Waals surface area contributed by atoms with E-state index in [2.05, 4.69) is 52.9 Å². The fourth-order valence-electron chi connectivity index (χ4n) is 11.7. The summed E-state index contributed by atoms with van der Waals surface area (Å²) in [6.07, 6.45) is 20.3. The monoisotopic (exact) mass is 835 g/mol. The minimum atomic E-state index is -0.222. The highest BCUT2D eigenvalue weighted by molar-refractivity contribution is 5.86. The second-order valence-corrected chi connectivity index (χ2v) is 19.2. The molecule has 0 aliphatic heterocycles. The highest BCUT2D eigenvalue weighted by Gasteiger charge is 2.59. The lowest BCUT2D eigenvalue weighted by Crippen LogP contribution is -2.51. The number of amides is 1. The second kappa shape index (κ2) is 24.5. The highest BCUT2D eigenvalue weighted by atomic mass is 35.5. The Balaban J connectivity index is 0.00000504. The third-order valence-corrected chi connectivity index (χ3v) is 15.1. The topological polar surface area (TPSA) is 111 Å². The first-order valence-corrected chi connectivity index (χ1v) is 22.1. The SMILES string of the molecule is CC[C@H](CC[C@@H](C)C1CCC2C3CC=C4CC(OC(=O)CCC(=O)N(CCCCNCCC(C)N)CCC(C)N)CCC4(C)C3CCC21C)C(C)C.Cl.Cl.Cl. The molecule has 3 saturated carbocycles. The minimum Gasteiger partial charge on any atom is -0.462 e. The van der Waals surface area contributed by atoms with Crippen LogP contribution in [-0.2, 0) is 14.3 Å². The first-order valence-electron chi connectivity index (χ1n) is 22.1.